The van der Waals surface area contributed by atoms with Crippen molar-refractivity contribution in [2.45, 2.75) is 31.8 Å². The van der Waals surface area contributed by atoms with Gasteiger partial charge >= 0.3 is 0 Å². The minimum absolute atomic E-state index is 0.0247. The molecule has 3 N–H and O–H groups in total. The number of hydrogen-bond donors (Lipinski definition) is 2. The molecule has 0 unspecified atom stereocenters. The third-order valence-corrected chi connectivity index (χ3v) is 5.22. The molecule has 0 fully saturated rings. The van der Waals surface area contributed by atoms with Gasteiger partial charge < -0.3 is 10.2 Å². The molecule has 8 heteroatoms. The summed E-state index contributed by atoms with van der Waals surface area (Å²) in [5.41, 5.74) is 6.27. The largest absolute Gasteiger partial charge is 0.444 e. The maximum Gasteiger partial charge on any atom is 0.242 e. The molecule has 0 saturated heterocycles. The molecule has 2 heterocycles. The molecule has 2 aromatic rings. The van der Waals surface area contributed by atoms with E-state index in [1.54, 1.807) is 18.4 Å². The number of nitrogens with zero attached hydrogens (tertiary/aromatic N) is 1. The topological polar surface area (TPSA) is 98.2 Å². The Bertz CT molecular complexity index is 654. The zero-order chi connectivity index (χ0) is 14.0. The van der Waals surface area contributed by atoms with E-state index in [1.807, 2.05) is 6.92 Å². The van der Waals surface area contributed by atoms with Crippen molar-refractivity contribution >= 4 is 21.4 Å². The molecule has 104 valence electrons. The van der Waals surface area contributed by atoms with Gasteiger partial charge in [-0.2, -0.15) is 0 Å². The first kappa shape index (κ1) is 14.2. The van der Waals surface area contributed by atoms with Gasteiger partial charge in [-0.3, -0.25) is 0 Å². The van der Waals surface area contributed by atoms with Crippen molar-refractivity contribution in [1.82, 2.24) is 9.71 Å². The minimum atomic E-state index is -3.58. The summed E-state index contributed by atoms with van der Waals surface area (Å²) in [6.07, 6.45) is 0. The fourth-order valence-electron chi connectivity index (χ4n) is 1.57. The number of hydrogen-bond acceptors (Lipinski definition) is 6. The molecule has 0 aliphatic rings. The average Bonchev–Trinajstić information content (AvgIpc) is 2.95. The number of thiophene rings is 1. The van der Waals surface area contributed by atoms with Crippen LogP contribution in [0.4, 0.5) is 0 Å². The summed E-state index contributed by atoms with van der Waals surface area (Å²) >= 11 is 1.32. The zero-order valence-corrected chi connectivity index (χ0v) is 12.3. The zero-order valence-electron chi connectivity index (χ0n) is 10.6. The van der Waals surface area contributed by atoms with Crippen molar-refractivity contribution in [2.24, 2.45) is 5.73 Å². The van der Waals surface area contributed by atoms with Gasteiger partial charge in [-0.1, -0.05) is 0 Å². The Hall–Kier alpha value is -1.22. The lowest BCUT2D eigenvalue weighted by molar-refractivity contribution is 0.463. The van der Waals surface area contributed by atoms with Crippen molar-refractivity contribution in [2.75, 3.05) is 0 Å². The summed E-state index contributed by atoms with van der Waals surface area (Å²) in [7, 11) is -3.58. The number of sulfonamides is 1. The molecule has 0 radical (unpaired) electrons. The Labute approximate surface area is 115 Å². The SMILES string of the molecule is Cc1nc(CNS(=O)(=O)c2ccsc2CN)oc1C. The lowest BCUT2D eigenvalue weighted by Gasteiger charge is -2.04. The van der Waals surface area contributed by atoms with Crippen LogP contribution in [0.1, 0.15) is 22.2 Å². The Balaban J connectivity index is 2.14. The highest BCUT2D eigenvalue weighted by atomic mass is 32.2. The maximum atomic E-state index is 12.1. The number of aryl methyl sites for hydroxylation is 2. The Morgan fingerprint density at radius 3 is 2.79 bits per heavy atom. The summed E-state index contributed by atoms with van der Waals surface area (Å²) in [4.78, 5) is 4.98. The van der Waals surface area contributed by atoms with E-state index in [-0.39, 0.29) is 18.0 Å². The van der Waals surface area contributed by atoms with Gasteiger partial charge in [0.25, 0.3) is 0 Å². The second-order valence-corrected chi connectivity index (χ2v) is 6.72. The fourth-order valence-corrected chi connectivity index (χ4v) is 3.87. The summed E-state index contributed by atoms with van der Waals surface area (Å²) in [6, 6.07) is 1.54. The van der Waals surface area contributed by atoms with Crippen LogP contribution in [0.25, 0.3) is 0 Å². The van der Waals surface area contributed by atoms with Crippen molar-refractivity contribution in [3.05, 3.63) is 33.7 Å². The van der Waals surface area contributed by atoms with Crippen molar-refractivity contribution in [3.63, 3.8) is 0 Å². The van der Waals surface area contributed by atoms with Crippen LogP contribution in [0.2, 0.25) is 0 Å². The molecule has 0 atom stereocenters. The van der Waals surface area contributed by atoms with Gasteiger partial charge in [0.05, 0.1) is 17.1 Å². The first-order chi connectivity index (χ1) is 8.94. The van der Waals surface area contributed by atoms with E-state index in [9.17, 15) is 8.42 Å². The molecule has 0 aliphatic carbocycles. The molecule has 0 amide bonds. The van der Waals surface area contributed by atoms with Crippen LogP contribution in [0.3, 0.4) is 0 Å². The maximum absolute atomic E-state index is 12.1. The van der Waals surface area contributed by atoms with Gasteiger partial charge in [0.2, 0.25) is 15.9 Å². The highest BCUT2D eigenvalue weighted by molar-refractivity contribution is 7.89. The van der Waals surface area contributed by atoms with E-state index < -0.39 is 10.0 Å². The second-order valence-electron chi connectivity index (χ2n) is 3.99. The molecule has 0 aromatic carbocycles. The molecule has 0 bridgehead atoms. The summed E-state index contributed by atoms with van der Waals surface area (Å²) in [5.74, 6) is 1.04. The first-order valence-electron chi connectivity index (χ1n) is 5.63. The van der Waals surface area contributed by atoms with Gasteiger partial charge in [0.1, 0.15) is 5.76 Å². The monoisotopic (exact) mass is 301 g/mol. The number of nitrogens with two attached hydrogens (primary N) is 1. The molecular formula is C11H15N3O3S2. The van der Waals surface area contributed by atoms with Gasteiger partial charge in [-0.15, -0.1) is 11.3 Å². The lowest BCUT2D eigenvalue weighted by atomic mass is 10.4. The molecular weight excluding hydrogens is 286 g/mol. The van der Waals surface area contributed by atoms with E-state index in [0.29, 0.717) is 16.5 Å². The number of nitrogens with one attached hydrogen (secondary N) is 1. The predicted octanol–water partition coefficient (Wildman–Crippen LogP) is 1.29. The molecule has 6 nitrogen and oxygen atoms in total. The third kappa shape index (κ3) is 3.03. The van der Waals surface area contributed by atoms with E-state index in [4.69, 9.17) is 10.2 Å². The highest BCUT2D eigenvalue weighted by Crippen LogP contribution is 2.21. The Kier molecular flexibility index (Phi) is 4.04. The van der Waals surface area contributed by atoms with Crippen molar-refractivity contribution in [1.29, 1.82) is 0 Å². The van der Waals surface area contributed by atoms with E-state index in [0.717, 1.165) is 5.69 Å². The van der Waals surface area contributed by atoms with Crippen molar-refractivity contribution in [3.8, 4) is 0 Å². The van der Waals surface area contributed by atoms with Crippen LogP contribution in [0.5, 0.6) is 0 Å². The average molecular weight is 301 g/mol. The molecule has 0 saturated carbocycles. The Morgan fingerprint density at radius 1 is 1.47 bits per heavy atom. The van der Waals surface area contributed by atoms with Crippen LogP contribution in [0.15, 0.2) is 20.8 Å². The van der Waals surface area contributed by atoms with Gasteiger partial charge in [0.15, 0.2) is 0 Å². The number of rotatable bonds is 5. The van der Waals surface area contributed by atoms with Crippen LogP contribution in [0, 0.1) is 13.8 Å². The second kappa shape index (κ2) is 5.41. The standard InChI is InChI=1S/C11H15N3O3S2/c1-7-8(2)17-11(14-7)6-13-19(15,16)10-3-4-18-9(10)5-12/h3-4,13H,5-6,12H2,1-2H3. The van der Waals surface area contributed by atoms with Gasteiger partial charge in [0, 0.05) is 11.4 Å². The van der Waals surface area contributed by atoms with Crippen molar-refractivity contribution < 1.29 is 12.8 Å². The lowest BCUT2D eigenvalue weighted by Crippen LogP contribution is -2.24. The summed E-state index contributed by atoms with van der Waals surface area (Å²) < 4.78 is 32.0. The third-order valence-electron chi connectivity index (χ3n) is 2.67. The normalized spacial score (nSPS) is 11.9. The summed E-state index contributed by atoms with van der Waals surface area (Å²) in [6.45, 7) is 3.82. The Morgan fingerprint density at radius 2 is 2.21 bits per heavy atom. The molecule has 2 rings (SSSR count). The van der Waals surface area contributed by atoms with Crippen LogP contribution < -0.4 is 10.5 Å². The van der Waals surface area contributed by atoms with Crippen LogP contribution in [-0.4, -0.2) is 13.4 Å². The van der Waals surface area contributed by atoms with Crippen LogP contribution in [-0.2, 0) is 23.1 Å². The van der Waals surface area contributed by atoms with E-state index in [1.165, 1.54) is 11.3 Å². The van der Waals surface area contributed by atoms with E-state index in [2.05, 4.69) is 9.71 Å². The highest BCUT2D eigenvalue weighted by Gasteiger charge is 2.19. The fraction of sp³-hybridized carbons (Fsp3) is 0.364. The van der Waals surface area contributed by atoms with Gasteiger partial charge in [-0.25, -0.2) is 18.1 Å². The molecule has 19 heavy (non-hydrogen) atoms. The first-order valence-corrected chi connectivity index (χ1v) is 7.99. The summed E-state index contributed by atoms with van der Waals surface area (Å²) in [5, 5.41) is 1.70. The smallest absolute Gasteiger partial charge is 0.242 e. The van der Waals surface area contributed by atoms with Gasteiger partial charge in [-0.05, 0) is 25.3 Å². The molecule has 0 spiro atoms. The number of oxazole rings is 1. The molecule has 0 aliphatic heterocycles. The van der Waals surface area contributed by atoms with Crippen LogP contribution >= 0.6 is 11.3 Å². The minimum Gasteiger partial charge on any atom is -0.444 e. The molecule has 2 aromatic heterocycles. The van der Waals surface area contributed by atoms with E-state index >= 15 is 0 Å². The predicted molar refractivity (Wildman–Crippen MR) is 72.2 cm³/mol. The number of aromatic nitrogens is 1. The quantitative estimate of drug-likeness (QED) is 0.867.